The van der Waals surface area contributed by atoms with Crippen molar-refractivity contribution in [2.75, 3.05) is 0 Å². The summed E-state index contributed by atoms with van der Waals surface area (Å²) < 4.78 is 34.1. The summed E-state index contributed by atoms with van der Waals surface area (Å²) in [7, 11) is -5.17. The van der Waals surface area contributed by atoms with Crippen molar-refractivity contribution in [3.05, 3.63) is 0 Å². The predicted octanol–water partition coefficient (Wildman–Crippen LogP) is -4.64. The Kier molecular flexibility index (Phi) is 78.5. The summed E-state index contributed by atoms with van der Waals surface area (Å²) in [6.07, 6.45) is 0. The Hall–Kier alpha value is 0.229. The number of hydrogen-bond donors (Lipinski definition) is 0. The molecule has 0 rings (SSSR count). The van der Waals surface area contributed by atoms with Gasteiger partial charge >= 0.3 is 0 Å². The Morgan fingerprint density at radius 1 is 0.800 bits per heavy atom. The first-order chi connectivity index (χ1) is 2.00. The van der Waals surface area contributed by atoms with Crippen LogP contribution in [0.3, 0.4) is 0 Å². The smallest absolute Gasteiger partial charge is 0.0311 e. The van der Waals surface area contributed by atoms with E-state index in [9.17, 15) is 0 Å². The maximum absolute atomic E-state index is 8.52. The topological polar surface area (TPSA) is 206 Å². The SMILES string of the molecule is O.O.O.O.O=S(=O)([O-])[O-].[Mn]. The second kappa shape index (κ2) is 16.1. The van der Waals surface area contributed by atoms with Gasteiger partial charge in [-0.3, -0.25) is 8.42 Å². The molecule has 0 saturated heterocycles. The first-order valence-electron chi connectivity index (χ1n) is 0.667. The third-order valence-corrected chi connectivity index (χ3v) is 0. The van der Waals surface area contributed by atoms with E-state index in [0.29, 0.717) is 0 Å². The van der Waals surface area contributed by atoms with Crippen LogP contribution >= 0.6 is 0 Å². The van der Waals surface area contributed by atoms with Crippen molar-refractivity contribution in [3.63, 3.8) is 0 Å². The van der Waals surface area contributed by atoms with Gasteiger partial charge in [0.25, 0.3) is 0 Å². The van der Waals surface area contributed by atoms with Gasteiger partial charge in [-0.25, -0.2) is 0 Å². The van der Waals surface area contributed by atoms with E-state index in [-0.39, 0.29) is 39.0 Å². The molecule has 8 nitrogen and oxygen atoms in total. The molecule has 8 N–H and O–H groups in total. The van der Waals surface area contributed by atoms with Crippen LogP contribution in [0.15, 0.2) is 0 Å². The molecule has 0 unspecified atom stereocenters. The van der Waals surface area contributed by atoms with E-state index < -0.39 is 10.4 Å². The Morgan fingerprint density at radius 2 is 0.800 bits per heavy atom. The monoisotopic (exact) mass is 223 g/mol. The molecule has 71 valence electrons. The van der Waals surface area contributed by atoms with E-state index in [0.717, 1.165) is 0 Å². The van der Waals surface area contributed by atoms with Crippen LogP contribution in [0.5, 0.6) is 0 Å². The summed E-state index contributed by atoms with van der Waals surface area (Å²) in [4.78, 5) is 0. The number of hydrogen-bond acceptors (Lipinski definition) is 4. The summed E-state index contributed by atoms with van der Waals surface area (Å²) in [5.41, 5.74) is 0. The third kappa shape index (κ3) is 8170. The largest absolute Gasteiger partial charge is 0.759 e. The van der Waals surface area contributed by atoms with Crippen molar-refractivity contribution in [1.29, 1.82) is 0 Å². The molecular formula is H8MnO8S-2. The Morgan fingerprint density at radius 3 is 0.800 bits per heavy atom. The molecule has 0 amide bonds. The van der Waals surface area contributed by atoms with Crippen LogP contribution < -0.4 is 0 Å². The molecule has 0 aliphatic carbocycles. The Balaban J connectivity index is -0.00000000800. The van der Waals surface area contributed by atoms with E-state index in [4.69, 9.17) is 17.5 Å². The molecule has 1 radical (unpaired) electrons. The summed E-state index contributed by atoms with van der Waals surface area (Å²) in [6, 6.07) is 0. The third-order valence-electron chi connectivity index (χ3n) is 0. The zero-order valence-corrected chi connectivity index (χ0v) is 6.42. The minimum absolute atomic E-state index is 0. The quantitative estimate of drug-likeness (QED) is 0.225. The molecule has 0 fully saturated rings. The van der Waals surface area contributed by atoms with Crippen molar-refractivity contribution >= 4 is 10.4 Å². The molecule has 0 atom stereocenters. The van der Waals surface area contributed by atoms with Crippen molar-refractivity contribution < 1.29 is 56.5 Å². The van der Waals surface area contributed by atoms with Crippen molar-refractivity contribution in [2.24, 2.45) is 0 Å². The molecule has 0 aliphatic heterocycles. The Bertz CT molecular complexity index is 92.4. The van der Waals surface area contributed by atoms with Crippen LogP contribution in [0, 0.1) is 0 Å². The normalized spacial score (nSPS) is 5.80. The first-order valence-corrected chi connectivity index (χ1v) is 2.00. The molecule has 0 spiro atoms. The molecular weight excluding hydrogens is 215 g/mol. The molecule has 0 saturated carbocycles. The minimum atomic E-state index is -5.17. The van der Waals surface area contributed by atoms with Crippen LogP contribution in [0.25, 0.3) is 0 Å². The fraction of sp³-hybridized carbons (Fsp3) is 0. The van der Waals surface area contributed by atoms with Gasteiger partial charge < -0.3 is 31.0 Å². The second-order valence-electron chi connectivity index (χ2n) is 0.408. The fourth-order valence-corrected chi connectivity index (χ4v) is 0. The molecule has 0 aromatic rings. The fourth-order valence-electron chi connectivity index (χ4n) is 0. The maximum Gasteiger partial charge on any atom is 0.0311 e. The molecule has 0 aromatic heterocycles. The van der Waals surface area contributed by atoms with E-state index in [1.54, 1.807) is 0 Å². The zero-order valence-electron chi connectivity index (χ0n) is 4.42. The molecule has 0 bridgehead atoms. The Labute approximate surface area is 67.5 Å². The number of rotatable bonds is 0. The summed E-state index contributed by atoms with van der Waals surface area (Å²) >= 11 is 0. The van der Waals surface area contributed by atoms with Gasteiger partial charge in [-0.1, -0.05) is 0 Å². The van der Waals surface area contributed by atoms with Crippen molar-refractivity contribution in [1.82, 2.24) is 0 Å². The van der Waals surface area contributed by atoms with Gasteiger partial charge in [-0.15, -0.1) is 0 Å². The summed E-state index contributed by atoms with van der Waals surface area (Å²) in [5.74, 6) is 0. The average molecular weight is 223 g/mol. The maximum atomic E-state index is 8.52. The van der Waals surface area contributed by atoms with E-state index in [1.165, 1.54) is 0 Å². The van der Waals surface area contributed by atoms with Gasteiger partial charge in [0.1, 0.15) is 0 Å². The van der Waals surface area contributed by atoms with Gasteiger partial charge in [0.05, 0.1) is 0 Å². The zero-order chi connectivity index (χ0) is 4.50. The first kappa shape index (κ1) is 48.7. The van der Waals surface area contributed by atoms with Gasteiger partial charge in [-0.05, 0) is 0 Å². The van der Waals surface area contributed by atoms with Gasteiger partial charge in [0.15, 0.2) is 0 Å². The average Bonchev–Trinajstić information content (AvgIpc) is 0.722. The van der Waals surface area contributed by atoms with Crippen LogP contribution in [0.4, 0.5) is 0 Å². The van der Waals surface area contributed by atoms with Crippen LogP contribution in [-0.2, 0) is 27.5 Å². The van der Waals surface area contributed by atoms with Crippen molar-refractivity contribution in [2.45, 2.75) is 0 Å². The van der Waals surface area contributed by atoms with Gasteiger partial charge in [0.2, 0.25) is 0 Å². The molecule has 0 aromatic carbocycles. The standard InChI is InChI=1S/Mn.H2O4S.4H2O/c;1-5(2,3)4;;;;/h;(H2,1,2,3,4);4*1H2/p-2. The van der Waals surface area contributed by atoms with E-state index in [1.807, 2.05) is 0 Å². The van der Waals surface area contributed by atoms with Crippen LogP contribution in [-0.4, -0.2) is 39.4 Å². The van der Waals surface area contributed by atoms with E-state index in [2.05, 4.69) is 0 Å². The van der Waals surface area contributed by atoms with E-state index >= 15 is 0 Å². The predicted molar refractivity (Wildman–Crippen MR) is 24.9 cm³/mol. The molecule has 0 heterocycles. The van der Waals surface area contributed by atoms with Crippen molar-refractivity contribution in [3.8, 4) is 0 Å². The summed E-state index contributed by atoms with van der Waals surface area (Å²) in [5, 5.41) is 0. The minimum Gasteiger partial charge on any atom is -0.759 e. The molecule has 0 aliphatic rings. The van der Waals surface area contributed by atoms with Crippen LogP contribution in [0.1, 0.15) is 0 Å². The van der Waals surface area contributed by atoms with Gasteiger partial charge in [0, 0.05) is 27.5 Å². The molecule has 10 heteroatoms. The second-order valence-corrected chi connectivity index (χ2v) is 1.22. The molecule has 10 heavy (non-hydrogen) atoms. The van der Waals surface area contributed by atoms with Crippen LogP contribution in [0.2, 0.25) is 0 Å². The summed E-state index contributed by atoms with van der Waals surface area (Å²) in [6.45, 7) is 0. The van der Waals surface area contributed by atoms with Gasteiger partial charge in [-0.2, -0.15) is 0 Å².